The molecule has 124 valence electrons. The number of piperazine rings is 1. The Morgan fingerprint density at radius 3 is 2.65 bits per heavy atom. The van der Waals surface area contributed by atoms with Crippen molar-refractivity contribution in [2.45, 2.75) is 13.8 Å². The molecule has 0 radical (unpaired) electrons. The topological polar surface area (TPSA) is 59.4 Å². The second-order valence-corrected chi connectivity index (χ2v) is 6.21. The van der Waals surface area contributed by atoms with Gasteiger partial charge in [-0.25, -0.2) is 4.39 Å². The van der Waals surface area contributed by atoms with Gasteiger partial charge in [-0.05, 0) is 18.1 Å². The molecule has 0 unspecified atom stereocenters. The van der Waals surface area contributed by atoms with Crippen LogP contribution in [0.1, 0.15) is 19.4 Å². The highest BCUT2D eigenvalue weighted by atomic mass is 19.1. The van der Waals surface area contributed by atoms with E-state index in [9.17, 15) is 9.18 Å². The van der Waals surface area contributed by atoms with Crippen molar-refractivity contribution in [2.24, 2.45) is 5.92 Å². The molecule has 0 aliphatic carbocycles. The van der Waals surface area contributed by atoms with Crippen LogP contribution in [0.4, 0.5) is 10.1 Å². The minimum atomic E-state index is -0.486. The molecule has 2 rings (SSSR count). The van der Waals surface area contributed by atoms with E-state index in [-0.39, 0.29) is 11.5 Å². The van der Waals surface area contributed by atoms with Crippen molar-refractivity contribution in [1.82, 2.24) is 10.2 Å². The number of benzene rings is 1. The van der Waals surface area contributed by atoms with Crippen LogP contribution < -0.4 is 10.2 Å². The summed E-state index contributed by atoms with van der Waals surface area (Å²) in [5.74, 6) is -0.00992. The van der Waals surface area contributed by atoms with Gasteiger partial charge in [-0.3, -0.25) is 9.69 Å². The van der Waals surface area contributed by atoms with Crippen LogP contribution in [0.15, 0.2) is 18.2 Å². The van der Waals surface area contributed by atoms with Gasteiger partial charge in [0.05, 0.1) is 12.2 Å². The van der Waals surface area contributed by atoms with Gasteiger partial charge in [0.2, 0.25) is 5.91 Å². The second kappa shape index (κ2) is 7.93. The molecule has 23 heavy (non-hydrogen) atoms. The Labute approximate surface area is 136 Å². The summed E-state index contributed by atoms with van der Waals surface area (Å²) in [4.78, 5) is 15.9. The first-order valence-electron chi connectivity index (χ1n) is 7.94. The molecular formula is C17H23FN4O. The molecule has 0 aromatic heterocycles. The van der Waals surface area contributed by atoms with Crippen LogP contribution >= 0.6 is 0 Å². The molecule has 1 aliphatic heterocycles. The van der Waals surface area contributed by atoms with Gasteiger partial charge in [0.15, 0.2) is 0 Å². The third-order valence-corrected chi connectivity index (χ3v) is 3.89. The number of nitrogens with zero attached hydrogens (tertiary/aromatic N) is 3. The summed E-state index contributed by atoms with van der Waals surface area (Å²) in [5, 5.41) is 12.0. The predicted molar refractivity (Wildman–Crippen MR) is 87.6 cm³/mol. The molecule has 1 aliphatic rings. The van der Waals surface area contributed by atoms with Gasteiger partial charge in [0.1, 0.15) is 17.4 Å². The zero-order valence-corrected chi connectivity index (χ0v) is 13.7. The highest BCUT2D eigenvalue weighted by molar-refractivity contribution is 5.78. The quantitative estimate of drug-likeness (QED) is 0.896. The van der Waals surface area contributed by atoms with E-state index in [1.54, 1.807) is 12.1 Å². The van der Waals surface area contributed by atoms with E-state index in [1.807, 2.05) is 11.0 Å². The first-order valence-corrected chi connectivity index (χ1v) is 7.94. The Balaban J connectivity index is 1.88. The molecule has 1 aromatic carbocycles. The largest absolute Gasteiger partial charge is 0.368 e. The summed E-state index contributed by atoms with van der Waals surface area (Å²) in [5.41, 5.74) is 0.729. The normalized spacial score (nSPS) is 15.5. The number of amides is 1. The van der Waals surface area contributed by atoms with E-state index in [0.29, 0.717) is 37.8 Å². The number of hydrogen-bond acceptors (Lipinski definition) is 4. The number of anilines is 1. The Hall–Kier alpha value is -2.13. The number of hydrogen-bond donors (Lipinski definition) is 1. The summed E-state index contributed by atoms with van der Waals surface area (Å²) in [6, 6.07) is 6.63. The SMILES string of the molecule is CC(C)CNC(=O)CN1CCN(c2cccc(F)c2C#N)CC1. The Kier molecular flexibility index (Phi) is 5.94. The number of rotatable bonds is 5. The third kappa shape index (κ3) is 4.67. The molecule has 6 heteroatoms. The fraction of sp³-hybridized carbons (Fsp3) is 0.529. The number of halogens is 1. The average molecular weight is 318 g/mol. The van der Waals surface area contributed by atoms with Crippen molar-refractivity contribution >= 4 is 11.6 Å². The Morgan fingerprint density at radius 1 is 1.35 bits per heavy atom. The molecular weight excluding hydrogens is 295 g/mol. The van der Waals surface area contributed by atoms with Crippen molar-refractivity contribution in [3.8, 4) is 6.07 Å². The fourth-order valence-electron chi connectivity index (χ4n) is 2.61. The predicted octanol–water partition coefficient (Wildman–Crippen LogP) is 1.59. The molecule has 1 heterocycles. The third-order valence-electron chi connectivity index (χ3n) is 3.89. The number of nitrogens with one attached hydrogen (secondary N) is 1. The standard InChI is InChI=1S/C17H23FN4O/c1-13(2)11-20-17(23)12-21-6-8-22(9-7-21)16-5-3-4-15(18)14(16)10-19/h3-5,13H,6-9,11-12H2,1-2H3,(H,20,23). The second-order valence-electron chi connectivity index (χ2n) is 6.21. The first kappa shape index (κ1) is 17.2. The van der Waals surface area contributed by atoms with Gasteiger partial charge in [-0.15, -0.1) is 0 Å². The molecule has 1 N–H and O–H groups in total. The van der Waals surface area contributed by atoms with Crippen LogP contribution in [0.5, 0.6) is 0 Å². The summed E-state index contributed by atoms with van der Waals surface area (Å²) < 4.78 is 13.7. The molecule has 1 aromatic rings. The van der Waals surface area contributed by atoms with Gasteiger partial charge in [-0.1, -0.05) is 19.9 Å². The van der Waals surface area contributed by atoms with E-state index in [1.165, 1.54) is 6.07 Å². The van der Waals surface area contributed by atoms with Gasteiger partial charge in [0, 0.05) is 32.7 Å². The van der Waals surface area contributed by atoms with E-state index in [4.69, 9.17) is 5.26 Å². The molecule has 5 nitrogen and oxygen atoms in total. The molecule has 1 saturated heterocycles. The summed E-state index contributed by atoms with van der Waals surface area (Å²) in [6.07, 6.45) is 0. The van der Waals surface area contributed by atoms with Crippen LogP contribution in [-0.4, -0.2) is 50.1 Å². The molecule has 0 atom stereocenters. The average Bonchev–Trinajstić information content (AvgIpc) is 2.53. The maximum absolute atomic E-state index is 13.7. The molecule has 0 bridgehead atoms. The van der Waals surface area contributed by atoms with E-state index < -0.39 is 5.82 Å². The van der Waals surface area contributed by atoms with Crippen LogP contribution in [-0.2, 0) is 4.79 Å². The molecule has 1 amide bonds. The van der Waals surface area contributed by atoms with E-state index >= 15 is 0 Å². The lowest BCUT2D eigenvalue weighted by Gasteiger charge is -2.36. The van der Waals surface area contributed by atoms with Gasteiger partial charge >= 0.3 is 0 Å². The lowest BCUT2D eigenvalue weighted by Crippen LogP contribution is -2.50. The van der Waals surface area contributed by atoms with Crippen LogP contribution in [0.25, 0.3) is 0 Å². The Morgan fingerprint density at radius 2 is 2.04 bits per heavy atom. The van der Waals surface area contributed by atoms with Crippen molar-refractivity contribution in [2.75, 3.05) is 44.2 Å². The maximum Gasteiger partial charge on any atom is 0.234 e. The number of carbonyl (C=O) groups is 1. The van der Waals surface area contributed by atoms with Crippen LogP contribution in [0, 0.1) is 23.1 Å². The summed E-state index contributed by atoms with van der Waals surface area (Å²) in [6.45, 7) is 7.98. The lowest BCUT2D eigenvalue weighted by molar-refractivity contribution is -0.122. The van der Waals surface area contributed by atoms with Crippen molar-refractivity contribution in [1.29, 1.82) is 5.26 Å². The summed E-state index contributed by atoms with van der Waals surface area (Å²) >= 11 is 0. The molecule has 0 spiro atoms. The van der Waals surface area contributed by atoms with Crippen molar-refractivity contribution < 1.29 is 9.18 Å². The molecule has 0 saturated carbocycles. The monoisotopic (exact) mass is 318 g/mol. The zero-order chi connectivity index (χ0) is 16.8. The lowest BCUT2D eigenvalue weighted by atomic mass is 10.1. The van der Waals surface area contributed by atoms with Gasteiger partial charge in [-0.2, -0.15) is 5.26 Å². The van der Waals surface area contributed by atoms with Crippen molar-refractivity contribution in [3.63, 3.8) is 0 Å². The fourth-order valence-corrected chi connectivity index (χ4v) is 2.61. The minimum absolute atomic E-state index is 0.0376. The van der Waals surface area contributed by atoms with E-state index in [2.05, 4.69) is 24.1 Å². The van der Waals surface area contributed by atoms with Gasteiger partial charge < -0.3 is 10.2 Å². The first-order chi connectivity index (χ1) is 11.0. The Bertz CT molecular complexity index is 589. The van der Waals surface area contributed by atoms with Crippen LogP contribution in [0.2, 0.25) is 0 Å². The van der Waals surface area contributed by atoms with E-state index in [0.717, 1.165) is 13.1 Å². The minimum Gasteiger partial charge on any atom is -0.368 e. The zero-order valence-electron chi connectivity index (χ0n) is 13.7. The number of carbonyl (C=O) groups excluding carboxylic acids is 1. The van der Waals surface area contributed by atoms with Crippen molar-refractivity contribution in [3.05, 3.63) is 29.6 Å². The number of nitriles is 1. The smallest absolute Gasteiger partial charge is 0.234 e. The maximum atomic E-state index is 13.7. The highest BCUT2D eigenvalue weighted by Crippen LogP contribution is 2.23. The summed E-state index contributed by atoms with van der Waals surface area (Å²) in [7, 11) is 0. The van der Waals surface area contributed by atoms with Crippen LogP contribution in [0.3, 0.4) is 0 Å². The van der Waals surface area contributed by atoms with Gasteiger partial charge in [0.25, 0.3) is 0 Å². The molecule has 1 fully saturated rings. The highest BCUT2D eigenvalue weighted by Gasteiger charge is 2.21.